The van der Waals surface area contributed by atoms with Gasteiger partial charge in [-0.1, -0.05) is 77.5 Å². The molecule has 0 fully saturated rings. The number of carbonyl (C=O) groups excluding carboxylic acids is 1. The topological polar surface area (TPSA) is 109 Å². The maximum atomic E-state index is 14.3. The molecule has 0 radical (unpaired) electrons. The van der Waals surface area contributed by atoms with Gasteiger partial charge in [-0.2, -0.15) is 0 Å². The first kappa shape index (κ1) is 33.1. The van der Waals surface area contributed by atoms with Crippen molar-refractivity contribution in [2.45, 2.75) is 12.6 Å². The van der Waals surface area contributed by atoms with E-state index in [4.69, 9.17) is 35.5 Å². The maximum absolute atomic E-state index is 14.3. The Kier molecular flexibility index (Phi) is 9.72. The molecule has 1 N–H and O–H groups in total. The van der Waals surface area contributed by atoms with Crippen LogP contribution in [0.15, 0.2) is 105 Å². The van der Waals surface area contributed by atoms with Crippen LogP contribution in [0.1, 0.15) is 28.3 Å². The van der Waals surface area contributed by atoms with E-state index in [1.54, 1.807) is 30.3 Å². The standard InChI is InChI=1S/C36H28BrClN2O7S/c1-44-27-18-22(13-14-26(27)41)32-30(35(43)46-3)31(21-9-5-4-6-10-21)39-36-40(32)34(42)29(48-36)17-20-15-24(37)33(28(16-20)45-2)47-19-23-11-7-8-12-25(23)38/h4-18,32,41H,19H2,1-3H3/b29-17+/t32-/m1/s1. The highest BCUT2D eigenvalue weighted by Gasteiger charge is 2.35. The van der Waals surface area contributed by atoms with Gasteiger partial charge in [0, 0.05) is 16.1 Å². The highest BCUT2D eigenvalue weighted by molar-refractivity contribution is 9.10. The number of halogens is 2. The van der Waals surface area contributed by atoms with Crippen LogP contribution in [-0.2, 0) is 16.1 Å². The summed E-state index contributed by atoms with van der Waals surface area (Å²) in [5, 5.41) is 10.9. The number of rotatable bonds is 9. The van der Waals surface area contributed by atoms with Crippen LogP contribution in [-0.4, -0.2) is 37.0 Å². The number of fused-ring (bicyclic) bond motifs is 1. The monoisotopic (exact) mass is 746 g/mol. The van der Waals surface area contributed by atoms with Crippen LogP contribution in [0.5, 0.6) is 23.0 Å². The Morgan fingerprint density at radius 1 is 1.00 bits per heavy atom. The van der Waals surface area contributed by atoms with Gasteiger partial charge in [0.1, 0.15) is 6.61 Å². The molecule has 244 valence electrons. The molecule has 1 aromatic heterocycles. The summed E-state index contributed by atoms with van der Waals surface area (Å²) in [4.78, 5) is 33.0. The molecule has 0 saturated heterocycles. The zero-order chi connectivity index (χ0) is 33.9. The number of nitrogens with zero attached hydrogens (tertiary/aromatic N) is 2. The zero-order valence-corrected chi connectivity index (χ0v) is 29.1. The number of aromatic hydroxyl groups is 1. The van der Waals surface area contributed by atoms with Crippen molar-refractivity contribution in [3.63, 3.8) is 0 Å². The van der Waals surface area contributed by atoms with Crippen molar-refractivity contribution in [2.75, 3.05) is 21.3 Å². The second-order valence-electron chi connectivity index (χ2n) is 10.5. The highest BCUT2D eigenvalue weighted by atomic mass is 79.9. The van der Waals surface area contributed by atoms with Gasteiger partial charge in [0.2, 0.25) is 0 Å². The molecule has 0 aliphatic carbocycles. The summed E-state index contributed by atoms with van der Waals surface area (Å²) < 4.78 is 24.8. The van der Waals surface area contributed by atoms with Crippen molar-refractivity contribution in [1.82, 2.24) is 4.57 Å². The molecule has 0 amide bonds. The Hall–Kier alpha value is -4.84. The van der Waals surface area contributed by atoms with E-state index in [9.17, 15) is 14.7 Å². The molecule has 48 heavy (non-hydrogen) atoms. The third-order valence-electron chi connectivity index (χ3n) is 7.68. The molecule has 4 aromatic carbocycles. The predicted octanol–water partition coefficient (Wildman–Crippen LogP) is 6.26. The third-order valence-corrected chi connectivity index (χ3v) is 9.62. The van der Waals surface area contributed by atoms with Gasteiger partial charge in [0.15, 0.2) is 27.8 Å². The molecule has 1 aliphatic heterocycles. The molecule has 1 aliphatic rings. The number of phenolic OH excluding ortho intramolecular Hbond substituents is 1. The minimum atomic E-state index is -0.942. The molecule has 2 heterocycles. The average Bonchev–Trinajstić information content (AvgIpc) is 3.41. The van der Waals surface area contributed by atoms with Gasteiger partial charge in [-0.3, -0.25) is 9.36 Å². The smallest absolute Gasteiger partial charge is 0.338 e. The fourth-order valence-corrected chi connectivity index (χ4v) is 7.17. The first-order valence-corrected chi connectivity index (χ1v) is 16.5. The number of phenols is 1. The fraction of sp³-hybridized carbons (Fsp3) is 0.139. The normalized spacial score (nSPS) is 14.3. The molecule has 5 aromatic rings. The van der Waals surface area contributed by atoms with E-state index in [-0.39, 0.29) is 29.2 Å². The van der Waals surface area contributed by atoms with Crippen molar-refractivity contribution in [3.05, 3.63) is 142 Å². The lowest BCUT2D eigenvalue weighted by molar-refractivity contribution is -0.136. The molecule has 0 unspecified atom stereocenters. The van der Waals surface area contributed by atoms with Gasteiger partial charge in [-0.15, -0.1) is 0 Å². The lowest BCUT2D eigenvalue weighted by Crippen LogP contribution is -2.39. The van der Waals surface area contributed by atoms with E-state index >= 15 is 0 Å². The van der Waals surface area contributed by atoms with Gasteiger partial charge >= 0.3 is 5.97 Å². The van der Waals surface area contributed by atoms with Gasteiger partial charge in [-0.25, -0.2) is 9.79 Å². The van der Waals surface area contributed by atoms with Crippen LogP contribution < -0.4 is 29.1 Å². The summed E-state index contributed by atoms with van der Waals surface area (Å²) >= 11 is 11.1. The Morgan fingerprint density at radius 3 is 2.44 bits per heavy atom. The number of benzene rings is 4. The quantitative estimate of drug-likeness (QED) is 0.177. The molecule has 0 bridgehead atoms. The highest BCUT2D eigenvalue weighted by Crippen LogP contribution is 2.39. The Balaban J connectivity index is 1.51. The second kappa shape index (κ2) is 14.1. The van der Waals surface area contributed by atoms with Crippen LogP contribution in [0.3, 0.4) is 0 Å². The van der Waals surface area contributed by atoms with E-state index in [1.165, 1.54) is 43.3 Å². The number of hydrogen-bond donors (Lipinski definition) is 1. The van der Waals surface area contributed by atoms with Crippen LogP contribution in [0.2, 0.25) is 5.02 Å². The molecule has 0 saturated carbocycles. The van der Waals surface area contributed by atoms with E-state index in [0.29, 0.717) is 52.7 Å². The van der Waals surface area contributed by atoms with Gasteiger partial charge in [-0.05, 0) is 63.5 Å². The van der Waals surface area contributed by atoms with E-state index < -0.39 is 12.0 Å². The number of ether oxygens (including phenoxy) is 4. The lowest BCUT2D eigenvalue weighted by atomic mass is 9.93. The number of methoxy groups -OCH3 is 3. The Morgan fingerprint density at radius 2 is 1.73 bits per heavy atom. The lowest BCUT2D eigenvalue weighted by Gasteiger charge is -2.26. The van der Waals surface area contributed by atoms with Crippen molar-refractivity contribution >= 4 is 56.6 Å². The van der Waals surface area contributed by atoms with Gasteiger partial charge in [0.25, 0.3) is 5.56 Å². The van der Waals surface area contributed by atoms with Crippen molar-refractivity contribution in [1.29, 1.82) is 0 Å². The first-order chi connectivity index (χ1) is 23.2. The van der Waals surface area contributed by atoms with Crippen molar-refractivity contribution < 1.29 is 28.8 Å². The SMILES string of the molecule is COC(=O)C1=C(c2ccccc2)N=c2s/c(=C/c3cc(Br)c(OCc4ccccc4Cl)c(OC)c3)c(=O)n2[C@@H]1c1ccc(O)c(OC)c1. The largest absolute Gasteiger partial charge is 0.504 e. The summed E-state index contributed by atoms with van der Waals surface area (Å²) in [6, 6.07) is 24.0. The van der Waals surface area contributed by atoms with Gasteiger partial charge < -0.3 is 24.1 Å². The fourth-order valence-electron chi connectivity index (χ4n) is 5.40. The van der Waals surface area contributed by atoms with Crippen molar-refractivity contribution in [3.8, 4) is 23.0 Å². The molecular weight excluding hydrogens is 720 g/mol. The average molecular weight is 748 g/mol. The second-order valence-corrected chi connectivity index (χ2v) is 12.8. The minimum absolute atomic E-state index is 0.0839. The third kappa shape index (κ3) is 6.36. The van der Waals surface area contributed by atoms with Crippen LogP contribution in [0.25, 0.3) is 11.8 Å². The number of carbonyl (C=O) groups is 1. The van der Waals surface area contributed by atoms with Crippen LogP contribution >= 0.6 is 38.9 Å². The number of thiazole rings is 1. The zero-order valence-electron chi connectivity index (χ0n) is 25.9. The molecule has 6 rings (SSSR count). The first-order valence-electron chi connectivity index (χ1n) is 14.5. The minimum Gasteiger partial charge on any atom is -0.504 e. The molecule has 0 spiro atoms. The van der Waals surface area contributed by atoms with Crippen LogP contribution in [0.4, 0.5) is 0 Å². The predicted molar refractivity (Wildman–Crippen MR) is 188 cm³/mol. The molecule has 9 nitrogen and oxygen atoms in total. The molecular formula is C36H28BrClN2O7S. The summed E-state index contributed by atoms with van der Waals surface area (Å²) in [6.07, 6.45) is 1.73. The summed E-state index contributed by atoms with van der Waals surface area (Å²) in [5.74, 6) is 0.381. The number of hydrogen-bond acceptors (Lipinski definition) is 9. The molecule has 1 atom stereocenters. The maximum Gasteiger partial charge on any atom is 0.338 e. The summed E-state index contributed by atoms with van der Waals surface area (Å²) in [7, 11) is 4.24. The van der Waals surface area contributed by atoms with E-state index in [1.807, 2.05) is 54.6 Å². The number of esters is 1. The Bertz CT molecular complexity index is 2250. The number of aromatic nitrogens is 1. The van der Waals surface area contributed by atoms with E-state index in [0.717, 1.165) is 5.56 Å². The summed E-state index contributed by atoms with van der Waals surface area (Å²) in [5.41, 5.74) is 2.83. The molecule has 12 heteroatoms. The van der Waals surface area contributed by atoms with Crippen LogP contribution in [0, 0.1) is 0 Å². The Labute approximate surface area is 292 Å². The van der Waals surface area contributed by atoms with Crippen molar-refractivity contribution in [2.24, 2.45) is 4.99 Å². The van der Waals surface area contributed by atoms with Gasteiger partial charge in [0.05, 0.1) is 47.6 Å². The summed E-state index contributed by atoms with van der Waals surface area (Å²) in [6.45, 7) is 0.223. The van der Waals surface area contributed by atoms with E-state index in [2.05, 4.69) is 15.9 Å².